The van der Waals surface area contributed by atoms with Gasteiger partial charge in [-0.1, -0.05) is 13.3 Å². The van der Waals surface area contributed by atoms with Crippen molar-refractivity contribution in [3.8, 4) is 0 Å². The lowest BCUT2D eigenvalue weighted by molar-refractivity contribution is -0.123. The van der Waals surface area contributed by atoms with Crippen molar-refractivity contribution in [1.29, 1.82) is 0 Å². The summed E-state index contributed by atoms with van der Waals surface area (Å²) < 4.78 is 0. The molecule has 0 aromatic carbocycles. The molecule has 0 saturated carbocycles. The van der Waals surface area contributed by atoms with E-state index in [9.17, 15) is 4.79 Å². The van der Waals surface area contributed by atoms with E-state index in [1.807, 2.05) is 13.8 Å². The van der Waals surface area contributed by atoms with E-state index < -0.39 is 6.04 Å². The van der Waals surface area contributed by atoms with Crippen molar-refractivity contribution in [2.45, 2.75) is 45.2 Å². The Hall–Kier alpha value is -0.610. The summed E-state index contributed by atoms with van der Waals surface area (Å²) in [5.74, 6) is -0.122. The van der Waals surface area contributed by atoms with Gasteiger partial charge in [-0.3, -0.25) is 4.79 Å². The summed E-state index contributed by atoms with van der Waals surface area (Å²) in [6, 6.07) is -0.411. The standard InChI is InChI=1S/C9H20N2O2/c1-3-4-8(10)9(13)11-7(2)5-6-12/h7-8,12H,3-6,10H2,1-2H3,(H,11,13)/t7?,8-/m0/s1. The average molecular weight is 188 g/mol. The molecule has 0 aromatic rings. The summed E-state index contributed by atoms with van der Waals surface area (Å²) in [6.45, 7) is 3.93. The predicted octanol–water partition coefficient (Wildman–Crippen LogP) is 0.000900. The molecule has 78 valence electrons. The van der Waals surface area contributed by atoms with Crippen molar-refractivity contribution in [3.05, 3.63) is 0 Å². The Morgan fingerprint density at radius 1 is 1.54 bits per heavy atom. The molecule has 0 heterocycles. The topological polar surface area (TPSA) is 75.4 Å². The molecule has 0 saturated heterocycles. The summed E-state index contributed by atoms with van der Waals surface area (Å²) >= 11 is 0. The Morgan fingerprint density at radius 2 is 2.15 bits per heavy atom. The molecule has 2 atom stereocenters. The molecular formula is C9H20N2O2. The fourth-order valence-corrected chi connectivity index (χ4v) is 1.06. The van der Waals surface area contributed by atoms with E-state index in [-0.39, 0.29) is 18.6 Å². The third-order valence-corrected chi connectivity index (χ3v) is 1.89. The van der Waals surface area contributed by atoms with Gasteiger partial charge < -0.3 is 16.2 Å². The maximum atomic E-state index is 11.3. The fourth-order valence-electron chi connectivity index (χ4n) is 1.06. The molecule has 1 unspecified atom stereocenters. The van der Waals surface area contributed by atoms with Crippen LogP contribution in [0.25, 0.3) is 0 Å². The Balaban J connectivity index is 3.71. The number of carbonyl (C=O) groups is 1. The van der Waals surface area contributed by atoms with Crippen molar-refractivity contribution in [2.75, 3.05) is 6.61 Å². The van der Waals surface area contributed by atoms with Crippen LogP contribution in [0.3, 0.4) is 0 Å². The first kappa shape index (κ1) is 12.4. The van der Waals surface area contributed by atoms with Gasteiger partial charge in [0.05, 0.1) is 6.04 Å². The Kier molecular flexibility index (Phi) is 6.54. The molecule has 4 N–H and O–H groups in total. The number of nitrogens with one attached hydrogen (secondary N) is 1. The smallest absolute Gasteiger partial charge is 0.237 e. The molecule has 13 heavy (non-hydrogen) atoms. The highest BCUT2D eigenvalue weighted by atomic mass is 16.3. The molecule has 0 spiro atoms. The third-order valence-electron chi connectivity index (χ3n) is 1.89. The van der Waals surface area contributed by atoms with Gasteiger partial charge in [-0.2, -0.15) is 0 Å². The van der Waals surface area contributed by atoms with Crippen LogP contribution < -0.4 is 11.1 Å². The van der Waals surface area contributed by atoms with Gasteiger partial charge in [-0.05, 0) is 19.8 Å². The number of hydrogen-bond donors (Lipinski definition) is 3. The van der Waals surface area contributed by atoms with Crippen molar-refractivity contribution in [1.82, 2.24) is 5.32 Å². The minimum absolute atomic E-state index is 0.000376. The number of aliphatic hydroxyl groups is 1. The number of carbonyl (C=O) groups excluding carboxylic acids is 1. The van der Waals surface area contributed by atoms with Crippen LogP contribution in [0.2, 0.25) is 0 Å². The summed E-state index contributed by atoms with van der Waals surface area (Å²) in [5.41, 5.74) is 5.60. The van der Waals surface area contributed by atoms with Gasteiger partial charge in [0.15, 0.2) is 0 Å². The maximum Gasteiger partial charge on any atom is 0.237 e. The van der Waals surface area contributed by atoms with Gasteiger partial charge in [0.1, 0.15) is 0 Å². The number of rotatable bonds is 6. The number of amides is 1. The normalized spacial score (nSPS) is 15.1. The molecule has 4 heteroatoms. The lowest BCUT2D eigenvalue weighted by atomic mass is 10.1. The van der Waals surface area contributed by atoms with Gasteiger partial charge in [-0.25, -0.2) is 0 Å². The van der Waals surface area contributed by atoms with E-state index in [0.29, 0.717) is 12.8 Å². The van der Waals surface area contributed by atoms with Crippen molar-refractivity contribution in [2.24, 2.45) is 5.73 Å². The first-order valence-corrected chi connectivity index (χ1v) is 4.78. The van der Waals surface area contributed by atoms with Gasteiger partial charge in [-0.15, -0.1) is 0 Å². The highest BCUT2D eigenvalue weighted by Crippen LogP contribution is 1.95. The first-order valence-electron chi connectivity index (χ1n) is 4.78. The van der Waals surface area contributed by atoms with E-state index in [4.69, 9.17) is 10.8 Å². The Morgan fingerprint density at radius 3 is 2.62 bits per heavy atom. The third kappa shape index (κ3) is 5.60. The molecule has 0 bridgehead atoms. The largest absolute Gasteiger partial charge is 0.396 e. The fraction of sp³-hybridized carbons (Fsp3) is 0.889. The Bertz CT molecular complexity index is 151. The maximum absolute atomic E-state index is 11.3. The van der Waals surface area contributed by atoms with Crippen LogP contribution in [0.4, 0.5) is 0 Å². The van der Waals surface area contributed by atoms with Gasteiger partial charge in [0.25, 0.3) is 0 Å². The highest BCUT2D eigenvalue weighted by Gasteiger charge is 2.13. The molecule has 0 aliphatic rings. The van der Waals surface area contributed by atoms with E-state index in [0.717, 1.165) is 6.42 Å². The minimum atomic E-state index is -0.411. The molecular weight excluding hydrogens is 168 g/mol. The molecule has 0 radical (unpaired) electrons. The van der Waals surface area contributed by atoms with Crippen LogP contribution in [0, 0.1) is 0 Å². The summed E-state index contributed by atoms with van der Waals surface area (Å²) in [7, 11) is 0. The molecule has 0 fully saturated rings. The summed E-state index contributed by atoms with van der Waals surface area (Å²) in [4.78, 5) is 11.3. The van der Waals surface area contributed by atoms with Crippen molar-refractivity contribution < 1.29 is 9.90 Å². The number of nitrogens with two attached hydrogens (primary N) is 1. The van der Waals surface area contributed by atoms with Crippen LogP contribution >= 0.6 is 0 Å². The minimum Gasteiger partial charge on any atom is -0.396 e. The Labute approximate surface area is 79.5 Å². The molecule has 0 aromatic heterocycles. The second kappa shape index (κ2) is 6.86. The van der Waals surface area contributed by atoms with Gasteiger partial charge in [0.2, 0.25) is 5.91 Å². The second-order valence-corrected chi connectivity index (χ2v) is 3.32. The second-order valence-electron chi connectivity index (χ2n) is 3.32. The number of aliphatic hydroxyl groups excluding tert-OH is 1. The van der Waals surface area contributed by atoms with Crippen LogP contribution in [0.5, 0.6) is 0 Å². The molecule has 0 rings (SSSR count). The lowest BCUT2D eigenvalue weighted by Crippen LogP contribution is -2.44. The zero-order valence-electron chi connectivity index (χ0n) is 8.42. The van der Waals surface area contributed by atoms with Crippen LogP contribution in [0.1, 0.15) is 33.1 Å². The molecule has 0 aliphatic heterocycles. The first-order chi connectivity index (χ1) is 6.11. The molecule has 1 amide bonds. The van der Waals surface area contributed by atoms with Crippen molar-refractivity contribution in [3.63, 3.8) is 0 Å². The van der Waals surface area contributed by atoms with E-state index in [2.05, 4.69) is 5.32 Å². The zero-order valence-corrected chi connectivity index (χ0v) is 8.42. The SMILES string of the molecule is CCC[C@H](N)C(=O)NC(C)CCO. The summed E-state index contributed by atoms with van der Waals surface area (Å²) in [5, 5.41) is 11.4. The van der Waals surface area contributed by atoms with Crippen molar-refractivity contribution >= 4 is 5.91 Å². The quantitative estimate of drug-likeness (QED) is 0.549. The molecule has 4 nitrogen and oxygen atoms in total. The van der Waals surface area contributed by atoms with E-state index in [1.165, 1.54) is 0 Å². The average Bonchev–Trinajstić information content (AvgIpc) is 2.05. The van der Waals surface area contributed by atoms with E-state index in [1.54, 1.807) is 0 Å². The predicted molar refractivity (Wildman–Crippen MR) is 52.2 cm³/mol. The lowest BCUT2D eigenvalue weighted by Gasteiger charge is -2.16. The monoisotopic (exact) mass is 188 g/mol. The van der Waals surface area contributed by atoms with Gasteiger partial charge in [0, 0.05) is 12.6 Å². The van der Waals surface area contributed by atoms with Crippen LogP contribution in [0.15, 0.2) is 0 Å². The highest BCUT2D eigenvalue weighted by molar-refractivity contribution is 5.81. The van der Waals surface area contributed by atoms with E-state index >= 15 is 0 Å². The van der Waals surface area contributed by atoms with Crippen LogP contribution in [-0.4, -0.2) is 29.7 Å². The summed E-state index contributed by atoms with van der Waals surface area (Å²) in [6.07, 6.45) is 2.19. The van der Waals surface area contributed by atoms with Crippen LogP contribution in [-0.2, 0) is 4.79 Å². The molecule has 0 aliphatic carbocycles. The zero-order chi connectivity index (χ0) is 10.3. The number of hydrogen-bond acceptors (Lipinski definition) is 3. The van der Waals surface area contributed by atoms with Gasteiger partial charge >= 0.3 is 0 Å².